The van der Waals surface area contributed by atoms with Crippen LogP contribution in [-0.4, -0.2) is 76.6 Å². The zero-order valence-electron chi connectivity index (χ0n) is 18.9. The Hall–Kier alpha value is -2.95. The number of nitrogens with one attached hydrogen (secondary N) is 1. The number of piperazine rings is 1. The van der Waals surface area contributed by atoms with Gasteiger partial charge in [0.05, 0.1) is 16.6 Å². The SMILES string of the molecule is O=C(COC(=O)c1cccc(S(=O)(=O)N2CCN(c3ccccc3)CC2)c1)NC[C@@H]1CCCO1. The second kappa shape index (κ2) is 11.0. The summed E-state index contributed by atoms with van der Waals surface area (Å²) in [5.74, 6) is -1.18. The van der Waals surface area contributed by atoms with Crippen LogP contribution in [-0.2, 0) is 24.3 Å². The first-order valence-electron chi connectivity index (χ1n) is 11.4. The van der Waals surface area contributed by atoms with Crippen molar-refractivity contribution in [2.75, 3.05) is 50.8 Å². The zero-order valence-corrected chi connectivity index (χ0v) is 19.7. The molecule has 0 spiro atoms. The Morgan fingerprint density at radius 1 is 1.03 bits per heavy atom. The first-order valence-corrected chi connectivity index (χ1v) is 12.8. The molecule has 4 rings (SSSR count). The fourth-order valence-electron chi connectivity index (χ4n) is 4.06. The number of hydrogen-bond donors (Lipinski definition) is 1. The summed E-state index contributed by atoms with van der Waals surface area (Å²) in [5.41, 5.74) is 1.14. The Bertz CT molecular complexity index is 1090. The molecule has 0 aromatic heterocycles. The number of hydrogen-bond acceptors (Lipinski definition) is 7. The lowest BCUT2D eigenvalue weighted by molar-refractivity contribution is -0.124. The Morgan fingerprint density at radius 2 is 1.79 bits per heavy atom. The van der Waals surface area contributed by atoms with Crippen LogP contribution in [0.4, 0.5) is 5.69 Å². The van der Waals surface area contributed by atoms with Gasteiger partial charge in [-0.15, -0.1) is 0 Å². The van der Waals surface area contributed by atoms with E-state index in [4.69, 9.17) is 9.47 Å². The highest BCUT2D eigenvalue weighted by atomic mass is 32.2. The van der Waals surface area contributed by atoms with Gasteiger partial charge in [0.2, 0.25) is 10.0 Å². The van der Waals surface area contributed by atoms with Gasteiger partial charge >= 0.3 is 5.97 Å². The summed E-state index contributed by atoms with van der Waals surface area (Å²) >= 11 is 0. The van der Waals surface area contributed by atoms with Gasteiger partial charge in [0.15, 0.2) is 6.61 Å². The molecule has 0 radical (unpaired) electrons. The van der Waals surface area contributed by atoms with Crippen molar-refractivity contribution < 1.29 is 27.5 Å². The van der Waals surface area contributed by atoms with Crippen LogP contribution in [0.3, 0.4) is 0 Å². The first-order chi connectivity index (χ1) is 16.4. The molecule has 2 aromatic carbocycles. The first kappa shape index (κ1) is 24.2. The minimum Gasteiger partial charge on any atom is -0.452 e. The normalized spacial score (nSPS) is 19.1. The molecular formula is C24H29N3O6S. The van der Waals surface area contributed by atoms with Gasteiger partial charge in [-0.3, -0.25) is 4.79 Å². The number of para-hydroxylation sites is 1. The van der Waals surface area contributed by atoms with Crippen LogP contribution in [0.5, 0.6) is 0 Å². The van der Waals surface area contributed by atoms with Crippen molar-refractivity contribution in [2.24, 2.45) is 0 Å². The van der Waals surface area contributed by atoms with E-state index in [1.165, 1.54) is 28.6 Å². The monoisotopic (exact) mass is 487 g/mol. The van der Waals surface area contributed by atoms with Gasteiger partial charge in [-0.25, -0.2) is 13.2 Å². The molecule has 2 fully saturated rings. The van der Waals surface area contributed by atoms with Crippen LogP contribution in [0, 0.1) is 0 Å². The van der Waals surface area contributed by atoms with Crippen LogP contribution >= 0.6 is 0 Å². The van der Waals surface area contributed by atoms with Gasteiger partial charge in [0, 0.05) is 45.0 Å². The molecule has 0 saturated carbocycles. The van der Waals surface area contributed by atoms with Crippen LogP contribution < -0.4 is 10.2 Å². The van der Waals surface area contributed by atoms with Crippen molar-refractivity contribution in [3.05, 3.63) is 60.2 Å². The van der Waals surface area contributed by atoms with Gasteiger partial charge in [-0.05, 0) is 43.2 Å². The number of esters is 1. The number of nitrogens with zero attached hydrogens (tertiary/aromatic N) is 2. The molecule has 2 aliphatic rings. The fourth-order valence-corrected chi connectivity index (χ4v) is 5.53. The van der Waals surface area contributed by atoms with E-state index in [0.29, 0.717) is 39.3 Å². The summed E-state index contributed by atoms with van der Waals surface area (Å²) in [6, 6.07) is 15.6. The van der Waals surface area contributed by atoms with E-state index in [1.54, 1.807) is 0 Å². The van der Waals surface area contributed by atoms with E-state index in [2.05, 4.69) is 10.2 Å². The van der Waals surface area contributed by atoms with Crippen molar-refractivity contribution >= 4 is 27.6 Å². The van der Waals surface area contributed by atoms with Gasteiger partial charge in [-0.2, -0.15) is 4.31 Å². The highest BCUT2D eigenvalue weighted by molar-refractivity contribution is 7.89. The van der Waals surface area contributed by atoms with Crippen LogP contribution in [0.1, 0.15) is 23.2 Å². The topological polar surface area (TPSA) is 105 Å². The molecule has 2 heterocycles. The molecule has 2 aromatic rings. The van der Waals surface area contributed by atoms with Gasteiger partial charge in [0.25, 0.3) is 5.91 Å². The molecule has 182 valence electrons. The van der Waals surface area contributed by atoms with Crippen LogP contribution in [0.2, 0.25) is 0 Å². The van der Waals surface area contributed by atoms with E-state index >= 15 is 0 Å². The Labute approximate surface area is 199 Å². The largest absolute Gasteiger partial charge is 0.452 e. The van der Waals surface area contributed by atoms with Crippen molar-refractivity contribution in [2.45, 2.75) is 23.8 Å². The zero-order chi connectivity index (χ0) is 24.0. The maximum atomic E-state index is 13.2. The highest BCUT2D eigenvalue weighted by Crippen LogP contribution is 2.22. The molecular weight excluding hydrogens is 458 g/mol. The predicted octanol–water partition coefficient (Wildman–Crippen LogP) is 1.65. The van der Waals surface area contributed by atoms with E-state index in [1.807, 2.05) is 30.3 Å². The molecule has 2 saturated heterocycles. The third kappa shape index (κ3) is 5.94. The standard InChI is InChI=1S/C24H29N3O6S/c28-23(25-17-21-9-5-15-32-21)18-33-24(29)19-6-4-10-22(16-19)34(30,31)27-13-11-26(12-14-27)20-7-2-1-3-8-20/h1-4,6-8,10,16,21H,5,9,11-15,17-18H2,(H,25,28)/t21-/m0/s1. The average Bonchev–Trinajstić information content (AvgIpc) is 3.40. The maximum Gasteiger partial charge on any atom is 0.338 e. The number of rotatable bonds is 8. The second-order valence-corrected chi connectivity index (χ2v) is 10.2. The molecule has 9 nitrogen and oxygen atoms in total. The lowest BCUT2D eigenvalue weighted by Crippen LogP contribution is -2.48. The second-order valence-electron chi connectivity index (χ2n) is 8.27. The lowest BCUT2D eigenvalue weighted by Gasteiger charge is -2.35. The van der Waals surface area contributed by atoms with Crippen molar-refractivity contribution in [1.29, 1.82) is 0 Å². The van der Waals surface area contributed by atoms with E-state index in [-0.39, 0.29) is 16.6 Å². The summed E-state index contributed by atoms with van der Waals surface area (Å²) in [7, 11) is -3.77. The molecule has 10 heteroatoms. The number of carbonyl (C=O) groups is 2. The maximum absolute atomic E-state index is 13.2. The van der Waals surface area contributed by atoms with Crippen molar-refractivity contribution in [3.63, 3.8) is 0 Å². The van der Waals surface area contributed by atoms with E-state index < -0.39 is 28.5 Å². The van der Waals surface area contributed by atoms with Gasteiger partial charge in [-0.1, -0.05) is 24.3 Å². The number of anilines is 1. The number of ether oxygens (including phenoxy) is 2. The van der Waals surface area contributed by atoms with Crippen molar-refractivity contribution in [1.82, 2.24) is 9.62 Å². The van der Waals surface area contributed by atoms with Crippen LogP contribution in [0.25, 0.3) is 0 Å². The number of amides is 1. The quantitative estimate of drug-likeness (QED) is 0.565. The molecule has 0 unspecified atom stereocenters. The van der Waals surface area contributed by atoms with E-state index in [9.17, 15) is 18.0 Å². The lowest BCUT2D eigenvalue weighted by atomic mass is 10.2. The van der Waals surface area contributed by atoms with E-state index in [0.717, 1.165) is 18.5 Å². The fraction of sp³-hybridized carbons (Fsp3) is 0.417. The third-order valence-corrected chi connectivity index (χ3v) is 7.85. The van der Waals surface area contributed by atoms with Gasteiger partial charge in [0.1, 0.15) is 0 Å². The minimum absolute atomic E-state index is 0.00361. The smallest absolute Gasteiger partial charge is 0.338 e. The van der Waals surface area contributed by atoms with Gasteiger partial charge < -0.3 is 19.7 Å². The third-order valence-electron chi connectivity index (χ3n) is 5.95. The molecule has 0 bridgehead atoms. The summed E-state index contributed by atoms with van der Waals surface area (Å²) in [6.07, 6.45) is 1.86. The summed E-state index contributed by atoms with van der Waals surface area (Å²) in [6.45, 7) is 2.47. The van der Waals surface area contributed by atoms with Crippen LogP contribution in [0.15, 0.2) is 59.5 Å². The molecule has 1 amide bonds. The summed E-state index contributed by atoms with van der Waals surface area (Å²) in [4.78, 5) is 26.5. The molecule has 2 aliphatic heterocycles. The predicted molar refractivity (Wildman–Crippen MR) is 126 cm³/mol. The Kier molecular flexibility index (Phi) is 7.81. The highest BCUT2D eigenvalue weighted by Gasteiger charge is 2.29. The molecule has 34 heavy (non-hydrogen) atoms. The molecule has 1 N–H and O–H groups in total. The minimum atomic E-state index is -3.77. The Morgan fingerprint density at radius 3 is 2.50 bits per heavy atom. The number of benzene rings is 2. The number of carbonyl (C=O) groups excluding carboxylic acids is 2. The number of sulfonamides is 1. The average molecular weight is 488 g/mol. The summed E-state index contributed by atoms with van der Waals surface area (Å²) in [5, 5.41) is 2.68. The van der Waals surface area contributed by atoms with Crippen molar-refractivity contribution in [3.8, 4) is 0 Å². The Balaban J connectivity index is 1.31. The summed E-state index contributed by atoms with van der Waals surface area (Å²) < 4.78 is 38.3. The molecule has 1 atom stereocenters. The molecule has 0 aliphatic carbocycles.